The Balaban J connectivity index is 0.000000569. The summed E-state index contributed by atoms with van der Waals surface area (Å²) in [5.74, 6) is 1.20. The van der Waals surface area contributed by atoms with E-state index in [-0.39, 0.29) is 59.1 Å². The first-order chi connectivity index (χ1) is 16.3. The third kappa shape index (κ3) is 9.75. The zero-order chi connectivity index (χ0) is 26.5. The van der Waals surface area contributed by atoms with Gasteiger partial charge in [0, 0.05) is 10.4 Å². The minimum atomic E-state index is -5.17. The standard InChI is InChI=1S/2C15H18.2Na.H2O4S/c2*1-10(2)15-12(4)11(3)13-8-6-5-7-9-14(13)15;;;1-5(2,3)4/h2*5-10H,1-4H3;;;(H2,1,2,3,4)/q;;2*+1;/p-2. The predicted octanol–water partition coefficient (Wildman–Crippen LogP) is 1.73. The zero-order valence-electron chi connectivity index (χ0n) is 24.0. The van der Waals surface area contributed by atoms with Gasteiger partial charge in [0.05, 0.1) is 0 Å². The fourth-order valence-corrected chi connectivity index (χ4v) is 4.92. The van der Waals surface area contributed by atoms with Gasteiger partial charge in [-0.25, -0.2) is 0 Å². The summed E-state index contributed by atoms with van der Waals surface area (Å²) in [6.07, 6.45) is 0. The van der Waals surface area contributed by atoms with Crippen LogP contribution >= 0.6 is 0 Å². The quantitative estimate of drug-likeness (QED) is 0.221. The Hall–Kier alpha value is -0.730. The molecular weight excluding hydrogens is 502 g/mol. The van der Waals surface area contributed by atoms with Crippen LogP contribution in [0.3, 0.4) is 0 Å². The number of hydrogen-bond acceptors (Lipinski definition) is 4. The molecule has 0 aromatic rings. The number of fused-ring (bicyclic) bond motifs is 2. The molecule has 4 aliphatic carbocycles. The molecule has 7 heteroatoms. The Morgan fingerprint density at radius 3 is 1.00 bits per heavy atom. The van der Waals surface area contributed by atoms with Crippen LogP contribution in [0, 0.1) is 27.7 Å². The van der Waals surface area contributed by atoms with E-state index < -0.39 is 10.4 Å². The van der Waals surface area contributed by atoms with Crippen molar-refractivity contribution in [3.8, 4) is 22.3 Å². The molecule has 0 unspecified atom stereocenters. The van der Waals surface area contributed by atoms with Gasteiger partial charge < -0.3 is 9.11 Å². The maximum Gasteiger partial charge on any atom is 1.00 e. The number of rotatable bonds is 2. The van der Waals surface area contributed by atoms with Gasteiger partial charge in [-0.2, -0.15) is 0 Å². The van der Waals surface area contributed by atoms with Crippen molar-refractivity contribution < 1.29 is 76.6 Å². The topological polar surface area (TPSA) is 80.3 Å². The summed E-state index contributed by atoms with van der Waals surface area (Å²) < 4.78 is 34.1. The van der Waals surface area contributed by atoms with Crippen LogP contribution in [0.4, 0.5) is 0 Å². The first kappa shape index (κ1) is 36.3. The molecule has 0 N–H and O–H groups in total. The smallest absolute Gasteiger partial charge is 0.759 e. The van der Waals surface area contributed by atoms with Gasteiger partial charge in [0.15, 0.2) is 0 Å². The van der Waals surface area contributed by atoms with Crippen molar-refractivity contribution in [1.82, 2.24) is 0 Å². The first-order valence-corrected chi connectivity index (χ1v) is 13.2. The van der Waals surface area contributed by atoms with Gasteiger partial charge in [-0.1, -0.05) is 88.4 Å². The van der Waals surface area contributed by atoms with E-state index in [9.17, 15) is 0 Å². The second-order valence-electron chi connectivity index (χ2n) is 9.52. The predicted molar refractivity (Wildman–Crippen MR) is 144 cm³/mol. The van der Waals surface area contributed by atoms with E-state index in [4.69, 9.17) is 17.5 Å². The van der Waals surface area contributed by atoms with Gasteiger partial charge in [-0.05, 0) is 95.2 Å². The molecule has 0 bridgehead atoms. The van der Waals surface area contributed by atoms with Crippen LogP contribution in [-0.2, 0) is 10.4 Å². The minimum Gasteiger partial charge on any atom is -0.759 e. The van der Waals surface area contributed by atoms with Crippen LogP contribution in [0.2, 0.25) is 0 Å². The Morgan fingerprint density at radius 1 is 0.514 bits per heavy atom. The maximum atomic E-state index is 8.52. The molecule has 0 aromatic heterocycles. The fraction of sp³-hybridized carbons (Fsp3) is 0.333. The van der Waals surface area contributed by atoms with Crippen molar-refractivity contribution in [3.63, 3.8) is 0 Å². The molecule has 0 heterocycles. The molecule has 0 spiro atoms. The third-order valence-corrected chi connectivity index (χ3v) is 6.55. The molecule has 0 radical (unpaired) electrons. The summed E-state index contributed by atoms with van der Waals surface area (Å²) in [5.41, 5.74) is 14.5. The Labute approximate surface area is 268 Å². The van der Waals surface area contributed by atoms with Crippen LogP contribution in [0.25, 0.3) is 22.3 Å². The molecule has 4 aliphatic rings. The van der Waals surface area contributed by atoms with E-state index in [1.54, 1.807) is 0 Å². The summed E-state index contributed by atoms with van der Waals surface area (Å²) >= 11 is 0. The SMILES string of the molecule is Cc1c2cccccc-2c(C(C)C)c1C.Cc1c2cccccc-2c(C(C)C)c1C.O=S(=O)([O-])[O-].[Na+].[Na+]. The molecule has 0 aromatic carbocycles. The van der Waals surface area contributed by atoms with E-state index in [0.717, 1.165) is 0 Å². The van der Waals surface area contributed by atoms with Crippen LogP contribution in [-0.4, -0.2) is 17.5 Å². The Kier molecular flexibility index (Phi) is 15.4. The molecule has 37 heavy (non-hydrogen) atoms. The zero-order valence-corrected chi connectivity index (χ0v) is 28.8. The normalized spacial score (nSPS) is 10.7. The van der Waals surface area contributed by atoms with E-state index >= 15 is 0 Å². The third-order valence-electron chi connectivity index (χ3n) is 6.55. The van der Waals surface area contributed by atoms with Crippen LogP contribution in [0.1, 0.15) is 72.9 Å². The van der Waals surface area contributed by atoms with Crippen molar-refractivity contribution in [2.45, 2.75) is 67.2 Å². The molecule has 0 atom stereocenters. The molecule has 0 amide bonds. The van der Waals surface area contributed by atoms with Gasteiger partial charge >= 0.3 is 59.1 Å². The van der Waals surface area contributed by atoms with Crippen molar-refractivity contribution in [3.05, 3.63) is 94.0 Å². The van der Waals surface area contributed by atoms with Crippen molar-refractivity contribution in [1.29, 1.82) is 0 Å². The molecular formula is C30H36Na2O4S. The van der Waals surface area contributed by atoms with E-state index in [1.807, 2.05) is 0 Å². The van der Waals surface area contributed by atoms with Crippen molar-refractivity contribution >= 4 is 10.4 Å². The van der Waals surface area contributed by atoms with Crippen LogP contribution in [0.5, 0.6) is 0 Å². The van der Waals surface area contributed by atoms with Crippen LogP contribution in [0.15, 0.2) is 60.7 Å². The average molecular weight is 539 g/mol. The molecule has 0 saturated heterocycles. The molecule has 0 aliphatic heterocycles. The van der Waals surface area contributed by atoms with E-state index in [1.165, 1.54) is 55.6 Å². The van der Waals surface area contributed by atoms with Crippen molar-refractivity contribution in [2.24, 2.45) is 0 Å². The summed E-state index contributed by atoms with van der Waals surface area (Å²) in [6, 6.07) is 21.6. The summed E-state index contributed by atoms with van der Waals surface area (Å²) in [6.45, 7) is 18.0. The van der Waals surface area contributed by atoms with Gasteiger partial charge in [0.2, 0.25) is 0 Å². The molecule has 4 nitrogen and oxygen atoms in total. The second kappa shape index (κ2) is 15.8. The molecule has 188 valence electrons. The molecule has 0 saturated carbocycles. The Bertz CT molecular complexity index is 1240. The van der Waals surface area contributed by atoms with E-state index in [2.05, 4.69) is 116 Å². The van der Waals surface area contributed by atoms with Gasteiger partial charge in [-0.3, -0.25) is 8.42 Å². The summed E-state index contributed by atoms with van der Waals surface area (Å²) in [5, 5.41) is 0. The second-order valence-corrected chi connectivity index (χ2v) is 10.3. The maximum absolute atomic E-state index is 8.52. The largest absolute Gasteiger partial charge is 1.00 e. The molecule has 0 fully saturated rings. The van der Waals surface area contributed by atoms with Gasteiger partial charge in [0.1, 0.15) is 0 Å². The monoisotopic (exact) mass is 538 g/mol. The first-order valence-electron chi connectivity index (χ1n) is 11.9. The van der Waals surface area contributed by atoms with Gasteiger partial charge in [0.25, 0.3) is 0 Å². The van der Waals surface area contributed by atoms with E-state index in [0.29, 0.717) is 11.8 Å². The van der Waals surface area contributed by atoms with Crippen LogP contribution < -0.4 is 59.1 Å². The Morgan fingerprint density at radius 2 is 0.757 bits per heavy atom. The number of hydrogen-bond donors (Lipinski definition) is 0. The van der Waals surface area contributed by atoms with Gasteiger partial charge in [-0.15, -0.1) is 0 Å². The fourth-order valence-electron chi connectivity index (χ4n) is 4.92. The van der Waals surface area contributed by atoms with Crippen molar-refractivity contribution in [2.75, 3.05) is 0 Å². The molecule has 4 rings (SSSR count). The minimum absolute atomic E-state index is 0. The summed E-state index contributed by atoms with van der Waals surface area (Å²) in [7, 11) is -5.17. The average Bonchev–Trinajstić information content (AvgIpc) is 2.97. The summed E-state index contributed by atoms with van der Waals surface area (Å²) in [4.78, 5) is 0.